The second-order valence-electron chi connectivity index (χ2n) is 22.0. The zero-order valence-electron chi connectivity index (χ0n) is 42.1. The van der Waals surface area contributed by atoms with Crippen molar-refractivity contribution in [1.29, 1.82) is 0 Å². The van der Waals surface area contributed by atoms with Crippen LogP contribution in [0.4, 0.5) is 8.78 Å². The van der Waals surface area contributed by atoms with Gasteiger partial charge in [0.15, 0.2) is 14.3 Å². The molecule has 2 aliphatic heterocycles. The average molecular weight is 1000 g/mol. The van der Waals surface area contributed by atoms with Crippen LogP contribution in [0.1, 0.15) is 66.5 Å². The van der Waals surface area contributed by atoms with E-state index in [0.717, 1.165) is 39.0 Å². The van der Waals surface area contributed by atoms with Gasteiger partial charge in [-0.1, -0.05) is 134 Å². The highest BCUT2D eigenvalue weighted by atomic mass is 31.2. The van der Waals surface area contributed by atoms with Crippen molar-refractivity contribution in [2.75, 3.05) is 0 Å². The standard InChI is InChI=1S/C64H55F2NO4P2/c1-38-13-28-58-62(39(38)2)73(69,61-37-47(66)21-30-57(61)71-58)50-24-16-41(17-25-50)43-31-42(40-14-22-49(23-15-40)72(68)59-12-10-9-11-55(59)70-56-29-20-46(65)36-60(56)72)32-48(33-43)67-53-26-18-44(63(3,4)5)34-51(53)52-35-45(64(6,7)8)19-27-54(52)67/h9-39H,1-8H3. The topological polar surface area (TPSA) is 57.5 Å². The summed E-state index contributed by atoms with van der Waals surface area (Å²) in [6.45, 7) is 17.6. The molecule has 3 heterocycles. The number of fused-ring (bicyclic) bond motifs is 6. The van der Waals surface area contributed by atoms with Gasteiger partial charge in [0, 0.05) is 32.4 Å². The molecule has 4 atom stereocenters. The predicted molar refractivity (Wildman–Crippen MR) is 297 cm³/mol. The molecule has 0 spiro atoms. The van der Waals surface area contributed by atoms with Gasteiger partial charge in [-0.2, -0.15) is 0 Å². The summed E-state index contributed by atoms with van der Waals surface area (Å²) in [5.74, 6) is 0.886. The van der Waals surface area contributed by atoms with Crippen LogP contribution in [0.5, 0.6) is 17.2 Å². The molecule has 9 aromatic rings. The summed E-state index contributed by atoms with van der Waals surface area (Å²) in [6, 6.07) is 51.7. The number of allylic oxidation sites excluding steroid dienone is 3. The fourth-order valence-corrected chi connectivity index (χ4v) is 17.2. The van der Waals surface area contributed by atoms with Crippen LogP contribution in [-0.2, 0) is 20.0 Å². The van der Waals surface area contributed by atoms with E-state index in [2.05, 4.69) is 121 Å². The van der Waals surface area contributed by atoms with Gasteiger partial charge in [-0.25, -0.2) is 8.78 Å². The van der Waals surface area contributed by atoms with Gasteiger partial charge >= 0.3 is 0 Å². The molecule has 9 heteroatoms. The van der Waals surface area contributed by atoms with Gasteiger partial charge in [-0.3, -0.25) is 0 Å². The SMILES string of the molecule is CC1C=CC2=C(C1C)P(=O)(c1ccc(-c3cc(-c4ccc(P5(=O)c6ccccc6Oc6ccc(F)cc65)cc4)cc(-n4c5ccc(C(C)(C)C)cc5c5cc(C(C)(C)C)ccc54)c3)cc1)c1cc(F)ccc1O2. The van der Waals surface area contributed by atoms with Gasteiger partial charge in [0.1, 0.15) is 34.6 Å². The Bertz CT molecular complexity index is 3870. The second-order valence-corrected chi connectivity index (χ2v) is 27.4. The second kappa shape index (κ2) is 16.7. The number of nitrogens with zero attached hydrogens (tertiary/aromatic N) is 1. The van der Waals surface area contributed by atoms with Crippen molar-refractivity contribution >= 4 is 62.6 Å². The minimum atomic E-state index is -3.57. The molecule has 8 aromatic carbocycles. The molecule has 4 unspecified atom stereocenters. The Hall–Kier alpha value is -7.04. The molecule has 0 N–H and O–H groups in total. The Morgan fingerprint density at radius 2 is 0.986 bits per heavy atom. The van der Waals surface area contributed by atoms with Crippen molar-refractivity contribution in [2.45, 2.75) is 66.2 Å². The first-order valence-electron chi connectivity index (χ1n) is 25.0. The first-order valence-corrected chi connectivity index (χ1v) is 28.4. The maximum Gasteiger partial charge on any atom is 0.178 e. The van der Waals surface area contributed by atoms with Crippen molar-refractivity contribution in [3.8, 4) is 45.2 Å². The average Bonchev–Trinajstić information content (AvgIpc) is 3.71. The zero-order chi connectivity index (χ0) is 50.9. The van der Waals surface area contributed by atoms with Crippen LogP contribution in [0, 0.1) is 23.5 Å². The highest BCUT2D eigenvalue weighted by Crippen LogP contribution is 2.62. The van der Waals surface area contributed by atoms with E-state index in [4.69, 9.17) is 9.47 Å². The maximum absolute atomic E-state index is 16.0. The number of hydrogen-bond acceptors (Lipinski definition) is 4. The molecule has 0 saturated heterocycles. The Labute approximate surface area is 425 Å². The Morgan fingerprint density at radius 1 is 0.493 bits per heavy atom. The molecule has 1 aliphatic carbocycles. The number of rotatable bonds is 5. The lowest BCUT2D eigenvalue weighted by molar-refractivity contribution is 0.408. The molecular weight excluding hydrogens is 947 g/mol. The molecule has 5 nitrogen and oxygen atoms in total. The molecule has 0 fully saturated rings. The molecule has 73 heavy (non-hydrogen) atoms. The molecule has 1 aromatic heterocycles. The number of ether oxygens (including phenoxy) is 2. The summed E-state index contributed by atoms with van der Waals surface area (Å²) in [5.41, 5.74) is 9.06. The minimum absolute atomic E-state index is 0.0719. The molecule has 0 radical (unpaired) electrons. The van der Waals surface area contributed by atoms with Crippen molar-refractivity contribution < 1.29 is 27.4 Å². The summed E-state index contributed by atoms with van der Waals surface area (Å²) >= 11 is 0. The summed E-state index contributed by atoms with van der Waals surface area (Å²) < 4.78 is 76.5. The number of aromatic nitrogens is 1. The summed E-state index contributed by atoms with van der Waals surface area (Å²) in [4.78, 5) is 0. The van der Waals surface area contributed by atoms with E-state index >= 15 is 13.5 Å². The third-order valence-corrected chi connectivity index (χ3v) is 21.8. The van der Waals surface area contributed by atoms with Gasteiger partial charge in [0.25, 0.3) is 0 Å². The van der Waals surface area contributed by atoms with E-state index in [1.165, 1.54) is 46.2 Å². The molecular formula is C64H55F2NO4P2. The van der Waals surface area contributed by atoms with E-state index in [1.54, 1.807) is 24.3 Å². The maximum atomic E-state index is 16.0. The van der Waals surface area contributed by atoms with Crippen LogP contribution < -0.4 is 36.0 Å². The van der Waals surface area contributed by atoms with Crippen molar-refractivity contribution in [3.05, 3.63) is 210 Å². The molecule has 0 amide bonds. The summed E-state index contributed by atoms with van der Waals surface area (Å²) in [5, 5.41) is 5.44. The van der Waals surface area contributed by atoms with E-state index < -0.39 is 25.9 Å². The van der Waals surface area contributed by atoms with Gasteiger partial charge in [-0.15, -0.1) is 0 Å². The van der Waals surface area contributed by atoms with Crippen molar-refractivity contribution in [1.82, 2.24) is 4.57 Å². The lowest BCUT2D eigenvalue weighted by atomic mass is 9.85. The number of hydrogen-bond donors (Lipinski definition) is 0. The van der Waals surface area contributed by atoms with Gasteiger partial charge in [0.2, 0.25) is 0 Å². The Kier molecular flexibility index (Phi) is 10.8. The highest BCUT2D eigenvalue weighted by molar-refractivity contribution is 7.85. The van der Waals surface area contributed by atoms with Crippen LogP contribution in [0.3, 0.4) is 0 Å². The quantitative estimate of drug-likeness (QED) is 0.161. The minimum Gasteiger partial charge on any atom is -0.456 e. The van der Waals surface area contributed by atoms with E-state index in [1.807, 2.05) is 66.7 Å². The van der Waals surface area contributed by atoms with Crippen molar-refractivity contribution in [3.63, 3.8) is 0 Å². The molecule has 0 bridgehead atoms. The smallest absolute Gasteiger partial charge is 0.178 e. The molecule has 12 rings (SSSR count). The van der Waals surface area contributed by atoms with Gasteiger partial charge in [0.05, 0.1) is 26.9 Å². The molecule has 0 saturated carbocycles. The highest BCUT2D eigenvalue weighted by Gasteiger charge is 2.45. The lowest BCUT2D eigenvalue weighted by Gasteiger charge is -2.37. The van der Waals surface area contributed by atoms with Crippen LogP contribution in [0.15, 0.2) is 187 Å². The molecule has 364 valence electrons. The van der Waals surface area contributed by atoms with Crippen molar-refractivity contribution in [2.24, 2.45) is 11.8 Å². The van der Waals surface area contributed by atoms with E-state index in [9.17, 15) is 4.39 Å². The monoisotopic (exact) mass is 1000 g/mol. The summed E-state index contributed by atoms with van der Waals surface area (Å²) in [7, 11) is -7.14. The first kappa shape index (κ1) is 47.0. The number of para-hydroxylation sites is 1. The fourth-order valence-electron chi connectivity index (χ4n) is 11.0. The number of halogens is 2. The predicted octanol–water partition coefficient (Wildman–Crippen LogP) is 15.5. The van der Waals surface area contributed by atoms with E-state index in [-0.39, 0.29) is 22.7 Å². The summed E-state index contributed by atoms with van der Waals surface area (Å²) in [6.07, 6.45) is 3.99. The van der Waals surface area contributed by atoms with Crippen LogP contribution >= 0.6 is 14.3 Å². The number of benzene rings is 8. The zero-order valence-corrected chi connectivity index (χ0v) is 43.9. The first-order chi connectivity index (χ1) is 34.8. The van der Waals surface area contributed by atoms with Crippen LogP contribution in [-0.4, -0.2) is 4.57 Å². The Morgan fingerprint density at radius 3 is 1.53 bits per heavy atom. The fraction of sp³-hybridized carbons (Fsp3) is 0.188. The van der Waals surface area contributed by atoms with Crippen LogP contribution in [0.2, 0.25) is 0 Å². The Balaban J connectivity index is 1.05. The largest absolute Gasteiger partial charge is 0.456 e. The third kappa shape index (κ3) is 7.53. The third-order valence-electron chi connectivity index (χ3n) is 15.3. The van der Waals surface area contributed by atoms with Crippen LogP contribution in [0.25, 0.3) is 49.7 Å². The van der Waals surface area contributed by atoms with Gasteiger partial charge in [-0.05, 0) is 153 Å². The van der Waals surface area contributed by atoms with E-state index in [0.29, 0.717) is 54.8 Å². The van der Waals surface area contributed by atoms with Gasteiger partial charge < -0.3 is 23.2 Å². The molecule has 3 aliphatic rings. The lowest BCUT2D eigenvalue weighted by Crippen LogP contribution is -2.30. The normalized spacial score (nSPS) is 20.2.